The summed E-state index contributed by atoms with van der Waals surface area (Å²) in [5.74, 6) is -0.809. The first-order valence-electron chi connectivity index (χ1n) is 7.35. The number of piperazine rings is 1. The monoisotopic (exact) mass is 284 g/mol. The van der Waals surface area contributed by atoms with Gasteiger partial charge in [0.05, 0.1) is 0 Å². The van der Waals surface area contributed by atoms with E-state index >= 15 is 0 Å². The zero-order valence-electron chi connectivity index (χ0n) is 12.0. The van der Waals surface area contributed by atoms with Crippen molar-refractivity contribution in [1.29, 1.82) is 0 Å². The van der Waals surface area contributed by atoms with Crippen LogP contribution in [0.3, 0.4) is 0 Å². The fourth-order valence-electron chi connectivity index (χ4n) is 2.68. The second kappa shape index (κ2) is 6.90. The molecule has 114 valence electrons. The Hall–Kier alpha value is -1.34. The van der Waals surface area contributed by atoms with E-state index < -0.39 is 12.0 Å². The number of carboxylic acids is 1. The largest absolute Gasteiger partial charge is 0.480 e. The van der Waals surface area contributed by atoms with Gasteiger partial charge in [-0.15, -0.1) is 0 Å². The Morgan fingerprint density at radius 3 is 2.15 bits per heavy atom. The molecule has 2 rings (SSSR count). The summed E-state index contributed by atoms with van der Waals surface area (Å²) in [4.78, 5) is 26.7. The lowest BCUT2D eigenvalue weighted by Crippen LogP contribution is -2.57. The second-order valence-corrected chi connectivity index (χ2v) is 5.50. The predicted molar refractivity (Wildman–Crippen MR) is 74.2 cm³/mol. The van der Waals surface area contributed by atoms with E-state index in [4.69, 9.17) is 5.11 Å². The number of nitrogens with zero attached hydrogens (tertiary/aromatic N) is 3. The van der Waals surface area contributed by atoms with Gasteiger partial charge in [0.1, 0.15) is 6.04 Å². The van der Waals surface area contributed by atoms with Crippen molar-refractivity contribution in [1.82, 2.24) is 20.2 Å². The summed E-state index contributed by atoms with van der Waals surface area (Å²) < 4.78 is 0. The van der Waals surface area contributed by atoms with Crippen molar-refractivity contribution in [3.63, 3.8) is 0 Å². The minimum Gasteiger partial charge on any atom is -0.480 e. The molecule has 2 N–H and O–H groups in total. The molecule has 0 bridgehead atoms. The van der Waals surface area contributed by atoms with Gasteiger partial charge in [0.15, 0.2) is 0 Å². The van der Waals surface area contributed by atoms with Crippen LogP contribution in [-0.4, -0.2) is 77.2 Å². The number of carboxylic acid groups (broad SMARTS) is 1. The van der Waals surface area contributed by atoms with Gasteiger partial charge in [0.25, 0.3) is 0 Å². The van der Waals surface area contributed by atoms with Gasteiger partial charge in [-0.3, -0.25) is 15.1 Å². The van der Waals surface area contributed by atoms with Crippen LogP contribution in [0.5, 0.6) is 0 Å². The maximum absolute atomic E-state index is 12.1. The topological polar surface area (TPSA) is 76.1 Å². The van der Waals surface area contributed by atoms with E-state index in [-0.39, 0.29) is 6.03 Å². The van der Waals surface area contributed by atoms with Gasteiger partial charge in [-0.25, -0.2) is 9.80 Å². The molecule has 2 amide bonds. The van der Waals surface area contributed by atoms with Gasteiger partial charge in [-0.05, 0) is 19.8 Å². The fourth-order valence-corrected chi connectivity index (χ4v) is 2.68. The highest BCUT2D eigenvalue weighted by atomic mass is 16.4. The molecule has 0 radical (unpaired) electrons. The third kappa shape index (κ3) is 3.83. The van der Waals surface area contributed by atoms with Crippen molar-refractivity contribution in [2.24, 2.45) is 0 Å². The minimum atomic E-state index is -0.809. The van der Waals surface area contributed by atoms with Gasteiger partial charge in [-0.2, -0.15) is 0 Å². The van der Waals surface area contributed by atoms with Crippen molar-refractivity contribution < 1.29 is 14.7 Å². The first-order valence-corrected chi connectivity index (χ1v) is 7.35. The van der Waals surface area contributed by atoms with Crippen molar-refractivity contribution >= 4 is 12.0 Å². The van der Waals surface area contributed by atoms with Crippen LogP contribution in [0.1, 0.15) is 26.2 Å². The van der Waals surface area contributed by atoms with Crippen molar-refractivity contribution in [3.05, 3.63) is 0 Å². The highest BCUT2D eigenvalue weighted by Crippen LogP contribution is 2.09. The van der Waals surface area contributed by atoms with Crippen LogP contribution >= 0.6 is 0 Å². The summed E-state index contributed by atoms with van der Waals surface area (Å²) in [6, 6.07) is -0.545. The van der Waals surface area contributed by atoms with E-state index in [2.05, 4.69) is 5.43 Å². The quantitative estimate of drug-likeness (QED) is 0.773. The summed E-state index contributed by atoms with van der Waals surface area (Å²) in [7, 11) is 0. The Labute approximate surface area is 119 Å². The number of hydrazine groups is 1. The normalized spacial score (nSPS) is 23.4. The average Bonchev–Trinajstić information content (AvgIpc) is 2.47. The van der Waals surface area contributed by atoms with Crippen LogP contribution in [0.2, 0.25) is 0 Å². The number of amides is 2. The number of carbonyl (C=O) groups excluding carboxylic acids is 1. The van der Waals surface area contributed by atoms with E-state index in [0.29, 0.717) is 26.2 Å². The average molecular weight is 284 g/mol. The summed E-state index contributed by atoms with van der Waals surface area (Å²) in [6.45, 7) is 5.91. The molecule has 2 aliphatic heterocycles. The maximum atomic E-state index is 12.1. The zero-order valence-corrected chi connectivity index (χ0v) is 12.0. The Morgan fingerprint density at radius 2 is 1.60 bits per heavy atom. The third-order valence-electron chi connectivity index (χ3n) is 4.12. The molecule has 0 saturated carbocycles. The van der Waals surface area contributed by atoms with Gasteiger partial charge >= 0.3 is 12.0 Å². The van der Waals surface area contributed by atoms with Crippen molar-refractivity contribution in [3.8, 4) is 0 Å². The molecule has 7 nitrogen and oxygen atoms in total. The lowest BCUT2D eigenvalue weighted by molar-refractivity contribution is -0.143. The molecular formula is C13H24N4O3. The van der Waals surface area contributed by atoms with E-state index in [0.717, 1.165) is 25.9 Å². The van der Waals surface area contributed by atoms with Crippen LogP contribution in [-0.2, 0) is 4.79 Å². The third-order valence-corrected chi connectivity index (χ3v) is 4.12. The number of carbonyl (C=O) groups is 2. The molecule has 1 atom stereocenters. The molecule has 0 aliphatic carbocycles. The van der Waals surface area contributed by atoms with E-state index in [1.165, 1.54) is 6.42 Å². The number of hydrogen-bond donors (Lipinski definition) is 2. The lowest BCUT2D eigenvalue weighted by atomic mass is 10.2. The van der Waals surface area contributed by atoms with Crippen molar-refractivity contribution in [2.45, 2.75) is 32.2 Å². The smallest absolute Gasteiger partial charge is 0.332 e. The Bertz CT molecular complexity index is 350. The summed E-state index contributed by atoms with van der Waals surface area (Å²) in [6.07, 6.45) is 3.49. The number of urea groups is 1. The second-order valence-electron chi connectivity index (χ2n) is 5.50. The van der Waals surface area contributed by atoms with Crippen LogP contribution in [0.25, 0.3) is 0 Å². The summed E-state index contributed by atoms with van der Waals surface area (Å²) in [5.41, 5.74) is 2.94. The summed E-state index contributed by atoms with van der Waals surface area (Å²) >= 11 is 0. The highest BCUT2D eigenvalue weighted by Gasteiger charge is 2.27. The first-order chi connectivity index (χ1) is 9.58. The molecule has 0 spiro atoms. The fraction of sp³-hybridized carbons (Fsp3) is 0.846. The molecule has 2 saturated heterocycles. The highest BCUT2D eigenvalue weighted by molar-refractivity contribution is 5.74. The molecule has 2 fully saturated rings. The first kappa shape index (κ1) is 15.1. The Morgan fingerprint density at radius 1 is 1.00 bits per heavy atom. The van der Waals surface area contributed by atoms with E-state index in [1.807, 2.05) is 9.91 Å². The lowest BCUT2D eigenvalue weighted by Gasteiger charge is -2.37. The molecule has 0 aromatic carbocycles. The molecule has 0 aromatic heterocycles. The molecular weight excluding hydrogens is 260 g/mol. The van der Waals surface area contributed by atoms with Gasteiger partial charge in [-0.1, -0.05) is 6.42 Å². The number of aliphatic carboxylic acids is 1. The molecule has 0 aromatic rings. The molecule has 20 heavy (non-hydrogen) atoms. The van der Waals surface area contributed by atoms with Crippen LogP contribution in [0.15, 0.2) is 0 Å². The standard InChI is InChI=1S/C13H24N4O3/c1-11(12(18)19)15-7-9-16(10-8-15)13(20)14-17-5-3-2-4-6-17/h11H,2-10H2,1H3,(H,14,20)(H,18,19). The number of rotatable bonds is 3. The molecule has 7 heteroatoms. The van der Waals surface area contributed by atoms with Gasteiger partial charge < -0.3 is 10.0 Å². The Kier molecular flexibility index (Phi) is 5.19. The predicted octanol–water partition coefficient (Wildman–Crippen LogP) is 0.188. The molecule has 2 aliphatic rings. The van der Waals surface area contributed by atoms with Crippen LogP contribution < -0.4 is 5.43 Å². The van der Waals surface area contributed by atoms with Crippen LogP contribution in [0, 0.1) is 0 Å². The molecule has 1 unspecified atom stereocenters. The van der Waals surface area contributed by atoms with Gasteiger partial charge in [0.2, 0.25) is 0 Å². The zero-order chi connectivity index (χ0) is 14.5. The van der Waals surface area contributed by atoms with E-state index in [9.17, 15) is 9.59 Å². The summed E-state index contributed by atoms with van der Waals surface area (Å²) in [5, 5.41) is 11.0. The Balaban J connectivity index is 1.75. The van der Waals surface area contributed by atoms with Crippen molar-refractivity contribution in [2.75, 3.05) is 39.3 Å². The van der Waals surface area contributed by atoms with Crippen LogP contribution in [0.4, 0.5) is 4.79 Å². The SMILES string of the molecule is CC(C(=O)O)N1CCN(C(=O)NN2CCCCC2)CC1. The number of piperidine rings is 1. The van der Waals surface area contributed by atoms with Gasteiger partial charge in [0, 0.05) is 39.3 Å². The van der Waals surface area contributed by atoms with E-state index in [1.54, 1.807) is 11.8 Å². The maximum Gasteiger partial charge on any atom is 0.332 e. The number of hydrogen-bond acceptors (Lipinski definition) is 4. The minimum absolute atomic E-state index is 0.0606. The molecule has 2 heterocycles. The number of nitrogens with one attached hydrogen (secondary N) is 1.